The Balaban J connectivity index is 1.77. The van der Waals surface area contributed by atoms with Crippen LogP contribution in [0.5, 0.6) is 5.88 Å². The number of fused-ring (bicyclic) bond motifs is 1. The van der Waals surface area contributed by atoms with Crippen molar-refractivity contribution in [2.75, 3.05) is 11.9 Å². The predicted octanol–water partition coefficient (Wildman–Crippen LogP) is 3.17. The summed E-state index contributed by atoms with van der Waals surface area (Å²) in [5.74, 6) is 0.978. The molecule has 1 aliphatic carbocycles. The average molecular weight is 302 g/mol. The van der Waals surface area contributed by atoms with Gasteiger partial charge in [-0.05, 0) is 30.9 Å². The zero-order valence-corrected chi connectivity index (χ0v) is 12.8. The molecule has 0 spiro atoms. The second kappa shape index (κ2) is 4.97. The first kappa shape index (κ1) is 13.5. The van der Waals surface area contributed by atoms with Gasteiger partial charge in [0.15, 0.2) is 0 Å². The summed E-state index contributed by atoms with van der Waals surface area (Å²) >= 11 is 0. The van der Waals surface area contributed by atoms with Gasteiger partial charge in [0.2, 0.25) is 11.8 Å². The van der Waals surface area contributed by atoms with Gasteiger partial charge in [-0.2, -0.15) is 9.49 Å². The molecule has 0 bridgehead atoms. The van der Waals surface area contributed by atoms with Crippen LogP contribution in [-0.2, 0) is 6.54 Å². The lowest BCUT2D eigenvalue weighted by Gasteiger charge is -2.10. The van der Waals surface area contributed by atoms with Gasteiger partial charge < -0.3 is 10.1 Å². The van der Waals surface area contributed by atoms with Crippen LogP contribution in [0.3, 0.4) is 0 Å². The molecular formula is C16H19FN4O. The van der Waals surface area contributed by atoms with E-state index in [1.54, 1.807) is 6.07 Å². The summed E-state index contributed by atoms with van der Waals surface area (Å²) in [7, 11) is 0. The molecule has 2 aromatic rings. The highest BCUT2D eigenvalue weighted by molar-refractivity contribution is 5.73. The van der Waals surface area contributed by atoms with Gasteiger partial charge in [-0.25, -0.2) is 9.67 Å². The lowest BCUT2D eigenvalue weighted by atomic mass is 10.0. The van der Waals surface area contributed by atoms with Gasteiger partial charge in [0.25, 0.3) is 0 Å². The Labute approximate surface area is 128 Å². The van der Waals surface area contributed by atoms with Gasteiger partial charge in [0.1, 0.15) is 12.4 Å². The quantitative estimate of drug-likeness (QED) is 0.881. The molecule has 0 atom stereocenters. The number of aromatic nitrogens is 3. The summed E-state index contributed by atoms with van der Waals surface area (Å²) in [6, 6.07) is 4.06. The maximum atomic E-state index is 14.6. The Kier molecular flexibility index (Phi) is 3.06. The monoisotopic (exact) mass is 302 g/mol. The molecule has 22 heavy (non-hydrogen) atoms. The second-order valence-electron chi connectivity index (χ2n) is 6.25. The molecule has 3 heterocycles. The molecule has 0 radical (unpaired) electrons. The number of nitrogens with zero attached hydrogens (tertiary/aromatic N) is 3. The first-order valence-electron chi connectivity index (χ1n) is 7.80. The van der Waals surface area contributed by atoms with E-state index in [1.165, 1.54) is 0 Å². The third-order valence-electron chi connectivity index (χ3n) is 4.07. The standard InChI is InChI=1S/C16H19FN4O/c1-9(2)14-13(16-21(20-14)7-8-22-16)11-5-6-12(19-15(11)17)18-10-3-4-10/h5-6,9-10H,3-4,7-8H2,1-2H3,(H,18,19). The van der Waals surface area contributed by atoms with Gasteiger partial charge in [-0.1, -0.05) is 13.8 Å². The van der Waals surface area contributed by atoms with E-state index in [0.717, 1.165) is 24.1 Å². The minimum Gasteiger partial charge on any atom is -0.475 e. The van der Waals surface area contributed by atoms with E-state index in [2.05, 4.69) is 29.2 Å². The Morgan fingerprint density at radius 2 is 2.18 bits per heavy atom. The Bertz CT molecular complexity index is 721. The van der Waals surface area contributed by atoms with Crippen LogP contribution in [0.25, 0.3) is 11.1 Å². The second-order valence-corrected chi connectivity index (χ2v) is 6.25. The van der Waals surface area contributed by atoms with Crippen molar-refractivity contribution in [2.45, 2.75) is 45.2 Å². The molecule has 2 aliphatic rings. The van der Waals surface area contributed by atoms with E-state index in [-0.39, 0.29) is 5.92 Å². The Morgan fingerprint density at radius 1 is 1.36 bits per heavy atom. The summed E-state index contributed by atoms with van der Waals surface area (Å²) in [6.07, 6.45) is 2.26. The third kappa shape index (κ3) is 2.23. The molecule has 2 aromatic heterocycles. The molecule has 1 saturated carbocycles. The van der Waals surface area contributed by atoms with E-state index >= 15 is 0 Å². The molecule has 1 fully saturated rings. The molecule has 0 aromatic carbocycles. The fourth-order valence-electron chi connectivity index (χ4n) is 2.79. The van der Waals surface area contributed by atoms with E-state index in [1.807, 2.05) is 10.7 Å². The number of halogens is 1. The van der Waals surface area contributed by atoms with Crippen LogP contribution in [0.1, 0.15) is 38.3 Å². The van der Waals surface area contributed by atoms with Crippen molar-refractivity contribution in [2.24, 2.45) is 0 Å². The van der Waals surface area contributed by atoms with Crippen LogP contribution in [0, 0.1) is 5.95 Å². The highest BCUT2D eigenvalue weighted by Gasteiger charge is 2.28. The number of hydrogen-bond donors (Lipinski definition) is 1. The molecule has 4 rings (SSSR count). The zero-order chi connectivity index (χ0) is 15.3. The molecule has 5 nitrogen and oxygen atoms in total. The molecule has 0 saturated heterocycles. The Hall–Kier alpha value is -2.11. The fourth-order valence-corrected chi connectivity index (χ4v) is 2.79. The molecule has 1 N–H and O–H groups in total. The first-order chi connectivity index (χ1) is 10.6. The van der Waals surface area contributed by atoms with Crippen LogP contribution < -0.4 is 10.1 Å². The summed E-state index contributed by atoms with van der Waals surface area (Å²) in [5, 5.41) is 7.79. The van der Waals surface area contributed by atoms with Gasteiger partial charge in [-0.15, -0.1) is 0 Å². The van der Waals surface area contributed by atoms with E-state index in [0.29, 0.717) is 36.5 Å². The lowest BCUT2D eigenvalue weighted by molar-refractivity contribution is 0.357. The highest BCUT2D eigenvalue weighted by Crippen LogP contribution is 2.40. The molecular weight excluding hydrogens is 283 g/mol. The van der Waals surface area contributed by atoms with Crippen molar-refractivity contribution in [1.82, 2.24) is 14.8 Å². The Morgan fingerprint density at radius 3 is 2.86 bits per heavy atom. The summed E-state index contributed by atoms with van der Waals surface area (Å²) in [4.78, 5) is 4.06. The van der Waals surface area contributed by atoms with Gasteiger partial charge in [0.05, 0.1) is 17.8 Å². The van der Waals surface area contributed by atoms with Gasteiger partial charge in [0, 0.05) is 11.6 Å². The van der Waals surface area contributed by atoms with Gasteiger partial charge >= 0.3 is 0 Å². The van der Waals surface area contributed by atoms with Crippen molar-refractivity contribution in [3.05, 3.63) is 23.8 Å². The number of hydrogen-bond acceptors (Lipinski definition) is 4. The molecule has 116 valence electrons. The minimum atomic E-state index is -0.473. The number of rotatable bonds is 4. The fraction of sp³-hybridized carbons (Fsp3) is 0.500. The van der Waals surface area contributed by atoms with Crippen LogP contribution in [0.4, 0.5) is 10.2 Å². The van der Waals surface area contributed by atoms with Crippen LogP contribution in [0.15, 0.2) is 12.1 Å². The van der Waals surface area contributed by atoms with Crippen molar-refractivity contribution in [3.8, 4) is 17.0 Å². The maximum Gasteiger partial charge on any atom is 0.222 e. The van der Waals surface area contributed by atoms with E-state index in [4.69, 9.17) is 4.74 Å². The van der Waals surface area contributed by atoms with Crippen LogP contribution >= 0.6 is 0 Å². The third-order valence-corrected chi connectivity index (χ3v) is 4.07. The van der Waals surface area contributed by atoms with Crippen LogP contribution in [-0.4, -0.2) is 27.4 Å². The number of pyridine rings is 1. The van der Waals surface area contributed by atoms with Crippen molar-refractivity contribution in [1.29, 1.82) is 0 Å². The summed E-state index contributed by atoms with van der Waals surface area (Å²) in [6.45, 7) is 5.40. The summed E-state index contributed by atoms with van der Waals surface area (Å²) < 4.78 is 22.0. The minimum absolute atomic E-state index is 0.195. The molecule has 0 amide bonds. The topological polar surface area (TPSA) is 52.0 Å². The number of nitrogens with one attached hydrogen (secondary N) is 1. The lowest BCUT2D eigenvalue weighted by Crippen LogP contribution is -2.05. The smallest absolute Gasteiger partial charge is 0.222 e. The normalized spacial score (nSPS) is 16.7. The average Bonchev–Trinajstić information content (AvgIpc) is 3.04. The first-order valence-corrected chi connectivity index (χ1v) is 7.80. The van der Waals surface area contributed by atoms with Gasteiger partial charge in [-0.3, -0.25) is 0 Å². The maximum absolute atomic E-state index is 14.6. The summed E-state index contributed by atoms with van der Waals surface area (Å²) in [5.41, 5.74) is 2.07. The molecule has 6 heteroatoms. The SMILES string of the molecule is CC(C)c1nn2c(c1-c1ccc(NC3CC3)nc1F)OCC2. The van der Waals surface area contributed by atoms with Crippen LogP contribution in [0.2, 0.25) is 0 Å². The zero-order valence-electron chi connectivity index (χ0n) is 12.8. The molecule has 0 unspecified atom stereocenters. The van der Waals surface area contributed by atoms with E-state index in [9.17, 15) is 4.39 Å². The largest absolute Gasteiger partial charge is 0.475 e. The predicted molar refractivity (Wildman–Crippen MR) is 81.6 cm³/mol. The van der Waals surface area contributed by atoms with Crippen molar-refractivity contribution >= 4 is 5.82 Å². The van der Waals surface area contributed by atoms with Crippen molar-refractivity contribution in [3.63, 3.8) is 0 Å². The number of ether oxygens (including phenoxy) is 1. The van der Waals surface area contributed by atoms with E-state index < -0.39 is 5.95 Å². The number of anilines is 1. The highest BCUT2D eigenvalue weighted by atomic mass is 19.1. The molecule has 1 aliphatic heterocycles. The van der Waals surface area contributed by atoms with Crippen molar-refractivity contribution < 1.29 is 9.13 Å².